The molecule has 3 aromatic carbocycles. The Labute approximate surface area is 258 Å². The van der Waals surface area contributed by atoms with Crippen LogP contribution in [-0.4, -0.2) is 6.54 Å². The molecule has 0 radical (unpaired) electrons. The Balaban J connectivity index is 0.000000307. The standard InChI is InChI=1S/C24H30N2.C8H7F3.C6H12/c1-5-14-24(15-6-2,26-18-19(3)4)23-12-10-21(11-13-23)22-9-7-8-20(16-22)17-25;1-8(10,11)6-4-2-3-5-7(6)9;1-6-4-2-3-5-6/h7-13,16,26H,3,5-6,14-15,18H2,1-2,4H3;2-5H,1H3;6H,2-5H2,1H3. The maximum absolute atomic E-state index is 12.6. The lowest BCUT2D eigenvalue weighted by Gasteiger charge is -2.36. The summed E-state index contributed by atoms with van der Waals surface area (Å²) in [5.41, 5.74) is 4.86. The quantitative estimate of drug-likeness (QED) is 0.238. The number of nitrogens with one attached hydrogen (secondary N) is 1. The molecule has 1 aliphatic carbocycles. The highest BCUT2D eigenvalue weighted by Crippen LogP contribution is 2.34. The van der Waals surface area contributed by atoms with Crippen molar-refractivity contribution in [2.45, 2.75) is 97.4 Å². The lowest BCUT2D eigenvalue weighted by Crippen LogP contribution is -2.43. The van der Waals surface area contributed by atoms with Crippen molar-refractivity contribution in [2.24, 2.45) is 5.92 Å². The highest BCUT2D eigenvalue weighted by atomic mass is 19.3. The van der Waals surface area contributed by atoms with E-state index in [1.54, 1.807) is 0 Å². The lowest BCUT2D eigenvalue weighted by atomic mass is 9.81. The van der Waals surface area contributed by atoms with Gasteiger partial charge in [0.15, 0.2) is 0 Å². The average molecular weight is 591 g/mol. The molecule has 0 amide bonds. The van der Waals surface area contributed by atoms with Crippen LogP contribution in [0.1, 0.15) is 103 Å². The smallest absolute Gasteiger partial charge is 0.273 e. The molecule has 0 aromatic heterocycles. The summed E-state index contributed by atoms with van der Waals surface area (Å²) >= 11 is 0. The van der Waals surface area contributed by atoms with Gasteiger partial charge in [0.1, 0.15) is 5.82 Å². The fourth-order valence-electron chi connectivity index (χ4n) is 5.56. The monoisotopic (exact) mass is 590 g/mol. The van der Waals surface area contributed by atoms with E-state index in [1.807, 2.05) is 18.2 Å². The third-order valence-corrected chi connectivity index (χ3v) is 7.84. The molecule has 0 saturated heterocycles. The summed E-state index contributed by atoms with van der Waals surface area (Å²) in [4.78, 5) is 0. The zero-order chi connectivity index (χ0) is 31.9. The molecule has 0 heterocycles. The van der Waals surface area contributed by atoms with Crippen LogP contribution in [0, 0.1) is 23.1 Å². The van der Waals surface area contributed by atoms with Gasteiger partial charge in [-0.1, -0.05) is 126 Å². The lowest BCUT2D eigenvalue weighted by molar-refractivity contribution is 0.0137. The van der Waals surface area contributed by atoms with Crippen molar-refractivity contribution in [2.75, 3.05) is 6.54 Å². The van der Waals surface area contributed by atoms with Gasteiger partial charge in [-0.3, -0.25) is 0 Å². The molecule has 1 aliphatic rings. The minimum Gasteiger partial charge on any atom is -0.304 e. The van der Waals surface area contributed by atoms with Crippen molar-refractivity contribution in [3.8, 4) is 17.2 Å². The number of nitriles is 1. The Morgan fingerprint density at radius 3 is 1.98 bits per heavy atom. The molecule has 0 unspecified atom stereocenters. The molecule has 3 aromatic rings. The fraction of sp³-hybridized carbons (Fsp3) is 0.447. The Hall–Kier alpha value is -3.36. The number of halogens is 3. The van der Waals surface area contributed by atoms with E-state index in [0.29, 0.717) is 12.5 Å². The molecular formula is C38H49F3N2. The molecule has 0 spiro atoms. The van der Waals surface area contributed by atoms with Crippen LogP contribution >= 0.6 is 0 Å². The van der Waals surface area contributed by atoms with Crippen LogP contribution in [0.5, 0.6) is 0 Å². The summed E-state index contributed by atoms with van der Waals surface area (Å²) in [5.74, 6) is -2.91. The first-order chi connectivity index (χ1) is 20.5. The van der Waals surface area contributed by atoms with Gasteiger partial charge in [-0.2, -0.15) is 5.26 Å². The Morgan fingerprint density at radius 1 is 0.930 bits per heavy atom. The van der Waals surface area contributed by atoms with E-state index >= 15 is 0 Å². The second-order valence-corrected chi connectivity index (χ2v) is 11.9. The largest absolute Gasteiger partial charge is 0.304 e. The summed E-state index contributed by atoms with van der Waals surface area (Å²) in [6, 6.07) is 23.7. The van der Waals surface area contributed by atoms with Crippen LogP contribution in [-0.2, 0) is 11.5 Å². The third-order valence-electron chi connectivity index (χ3n) is 7.84. The van der Waals surface area contributed by atoms with Crippen LogP contribution in [0.15, 0.2) is 84.9 Å². The third kappa shape index (κ3) is 11.7. The Morgan fingerprint density at radius 2 is 1.53 bits per heavy atom. The first-order valence-corrected chi connectivity index (χ1v) is 15.6. The van der Waals surface area contributed by atoms with Crippen molar-refractivity contribution >= 4 is 0 Å². The van der Waals surface area contributed by atoms with E-state index in [-0.39, 0.29) is 5.54 Å². The van der Waals surface area contributed by atoms with Crippen LogP contribution in [0.3, 0.4) is 0 Å². The van der Waals surface area contributed by atoms with E-state index in [0.717, 1.165) is 67.0 Å². The molecule has 43 heavy (non-hydrogen) atoms. The summed E-state index contributed by atoms with van der Waals surface area (Å²) in [6.07, 6.45) is 10.4. The van der Waals surface area contributed by atoms with Gasteiger partial charge < -0.3 is 5.32 Å². The second-order valence-electron chi connectivity index (χ2n) is 11.9. The van der Waals surface area contributed by atoms with Crippen LogP contribution in [0.2, 0.25) is 0 Å². The Kier molecular flexibility index (Phi) is 14.7. The molecule has 2 nitrogen and oxygen atoms in total. The number of hydrogen-bond acceptors (Lipinski definition) is 2. The predicted molar refractivity (Wildman–Crippen MR) is 175 cm³/mol. The molecule has 4 rings (SSSR count). The molecule has 0 atom stereocenters. The number of rotatable bonds is 10. The van der Waals surface area contributed by atoms with E-state index in [4.69, 9.17) is 5.26 Å². The molecule has 5 heteroatoms. The van der Waals surface area contributed by atoms with Gasteiger partial charge in [0, 0.05) is 19.0 Å². The maximum atomic E-state index is 12.6. The average Bonchev–Trinajstić information content (AvgIpc) is 3.47. The van der Waals surface area contributed by atoms with Gasteiger partial charge in [-0.25, -0.2) is 13.2 Å². The minimum atomic E-state index is -3.09. The maximum Gasteiger partial charge on any atom is 0.273 e. The number of hydrogen-bond donors (Lipinski definition) is 1. The van der Waals surface area contributed by atoms with E-state index < -0.39 is 17.3 Å². The highest BCUT2D eigenvalue weighted by Gasteiger charge is 2.30. The second kappa shape index (κ2) is 17.7. The van der Waals surface area contributed by atoms with Gasteiger partial charge in [0.2, 0.25) is 0 Å². The van der Waals surface area contributed by atoms with Crippen molar-refractivity contribution in [1.82, 2.24) is 5.32 Å². The normalized spacial score (nSPS) is 13.3. The first kappa shape index (κ1) is 35.8. The molecular weight excluding hydrogens is 541 g/mol. The summed E-state index contributed by atoms with van der Waals surface area (Å²) in [6.45, 7) is 14.5. The molecule has 1 saturated carbocycles. The zero-order valence-corrected chi connectivity index (χ0v) is 26.7. The van der Waals surface area contributed by atoms with E-state index in [9.17, 15) is 13.2 Å². The number of benzene rings is 3. The number of alkyl halides is 2. The van der Waals surface area contributed by atoms with E-state index in [2.05, 4.69) is 76.0 Å². The molecule has 0 aliphatic heterocycles. The van der Waals surface area contributed by atoms with Crippen molar-refractivity contribution in [1.29, 1.82) is 5.26 Å². The highest BCUT2D eigenvalue weighted by molar-refractivity contribution is 5.65. The molecule has 1 fully saturated rings. The zero-order valence-electron chi connectivity index (χ0n) is 26.7. The van der Waals surface area contributed by atoms with Gasteiger partial charge in [0.05, 0.1) is 17.2 Å². The van der Waals surface area contributed by atoms with Crippen molar-refractivity contribution < 1.29 is 13.2 Å². The minimum absolute atomic E-state index is 0.00448. The van der Waals surface area contributed by atoms with Crippen LogP contribution in [0.25, 0.3) is 11.1 Å². The summed E-state index contributed by atoms with van der Waals surface area (Å²) < 4.78 is 37.6. The molecule has 0 bridgehead atoms. The van der Waals surface area contributed by atoms with Gasteiger partial charge >= 0.3 is 0 Å². The van der Waals surface area contributed by atoms with Crippen LogP contribution < -0.4 is 5.32 Å². The number of nitrogens with zero attached hydrogens (tertiary/aromatic N) is 1. The topological polar surface area (TPSA) is 35.8 Å². The van der Waals surface area contributed by atoms with E-state index in [1.165, 1.54) is 43.4 Å². The van der Waals surface area contributed by atoms with Gasteiger partial charge in [-0.05, 0) is 60.6 Å². The van der Waals surface area contributed by atoms with Gasteiger partial charge in [-0.15, -0.1) is 0 Å². The summed E-state index contributed by atoms with van der Waals surface area (Å²) in [5, 5.41) is 12.9. The summed E-state index contributed by atoms with van der Waals surface area (Å²) in [7, 11) is 0. The SMILES string of the molecule is C=C(C)CNC(CCC)(CCC)c1ccc(-c2cccc(C#N)c2)cc1.CC(F)(F)c1ccccc1F.CC1CCCC1. The van der Waals surface area contributed by atoms with Crippen LogP contribution in [0.4, 0.5) is 13.2 Å². The fourth-order valence-corrected chi connectivity index (χ4v) is 5.56. The Bertz CT molecular complexity index is 1290. The van der Waals surface area contributed by atoms with Crippen molar-refractivity contribution in [3.05, 3.63) is 107 Å². The van der Waals surface area contributed by atoms with Crippen molar-refractivity contribution in [3.63, 3.8) is 0 Å². The first-order valence-electron chi connectivity index (χ1n) is 15.6. The molecule has 232 valence electrons. The predicted octanol–water partition coefficient (Wildman–Crippen LogP) is 11.3. The molecule has 1 N–H and O–H groups in total. The van der Waals surface area contributed by atoms with Gasteiger partial charge in [0.25, 0.3) is 5.92 Å².